The topological polar surface area (TPSA) is 71.0 Å². The van der Waals surface area contributed by atoms with E-state index in [1.807, 2.05) is 42.6 Å². The van der Waals surface area contributed by atoms with E-state index in [9.17, 15) is 9.59 Å². The van der Waals surface area contributed by atoms with Crippen LogP contribution in [0.25, 0.3) is 5.69 Å². The van der Waals surface area contributed by atoms with Gasteiger partial charge in [0.25, 0.3) is 5.91 Å². The lowest BCUT2D eigenvalue weighted by Crippen LogP contribution is -2.27. The molecule has 6 nitrogen and oxygen atoms in total. The Morgan fingerprint density at radius 1 is 1.17 bits per heavy atom. The number of nitrogens with one attached hydrogen (secondary N) is 1. The second-order valence-electron chi connectivity index (χ2n) is 5.19. The third-order valence-electron chi connectivity index (χ3n) is 3.44. The number of hydrogen-bond acceptors (Lipinski definition) is 3. The number of carbonyl (C=O) groups is 1. The molecule has 2 aromatic heterocycles. The first kappa shape index (κ1) is 14.8. The van der Waals surface area contributed by atoms with Gasteiger partial charge in [0.15, 0.2) is 0 Å². The number of benzene rings is 1. The summed E-state index contributed by atoms with van der Waals surface area (Å²) in [5.74, 6) is -0.171. The molecule has 0 spiro atoms. The fourth-order valence-corrected chi connectivity index (χ4v) is 2.25. The smallest absolute Gasteiger partial charge is 0.255 e. The van der Waals surface area contributed by atoms with Crippen LogP contribution in [-0.4, -0.2) is 32.6 Å². The van der Waals surface area contributed by atoms with Gasteiger partial charge in [-0.2, -0.15) is 5.10 Å². The van der Waals surface area contributed by atoms with Crippen molar-refractivity contribution in [3.63, 3.8) is 0 Å². The van der Waals surface area contributed by atoms with Crippen molar-refractivity contribution in [1.82, 2.24) is 19.7 Å². The number of amides is 1. The van der Waals surface area contributed by atoms with Gasteiger partial charge in [0.1, 0.15) is 0 Å². The Balaban J connectivity index is 1.72. The van der Waals surface area contributed by atoms with E-state index in [4.69, 9.17) is 0 Å². The number of hydrogen-bond donors (Lipinski definition) is 1. The largest absolute Gasteiger partial charge is 0.336 e. The van der Waals surface area contributed by atoms with Crippen molar-refractivity contribution in [2.45, 2.75) is 6.54 Å². The standard InChI is InChI=1S/C17H16N4O2/c1-20(17(23)13-7-8-16(22)18-11-13)12-14-9-10-21(19-14)15-5-3-2-4-6-15/h2-11H,12H2,1H3,(H,18,22). The first-order valence-electron chi connectivity index (χ1n) is 7.17. The monoisotopic (exact) mass is 308 g/mol. The van der Waals surface area contributed by atoms with Crippen molar-refractivity contribution >= 4 is 5.91 Å². The highest BCUT2D eigenvalue weighted by Gasteiger charge is 2.13. The summed E-state index contributed by atoms with van der Waals surface area (Å²) in [6, 6.07) is 14.5. The minimum Gasteiger partial charge on any atom is -0.336 e. The fourth-order valence-electron chi connectivity index (χ4n) is 2.25. The summed E-state index contributed by atoms with van der Waals surface area (Å²) in [4.78, 5) is 27.4. The van der Waals surface area contributed by atoms with Crippen LogP contribution in [0.1, 0.15) is 16.1 Å². The Labute approximate surface area is 133 Å². The maximum absolute atomic E-state index is 12.3. The number of carbonyl (C=O) groups excluding carboxylic acids is 1. The molecule has 0 bridgehead atoms. The van der Waals surface area contributed by atoms with Gasteiger partial charge < -0.3 is 9.88 Å². The number of aromatic amines is 1. The molecule has 0 aliphatic rings. The van der Waals surface area contributed by atoms with E-state index in [2.05, 4.69) is 10.1 Å². The van der Waals surface area contributed by atoms with E-state index >= 15 is 0 Å². The van der Waals surface area contributed by atoms with Gasteiger partial charge in [-0.3, -0.25) is 9.59 Å². The van der Waals surface area contributed by atoms with Gasteiger partial charge in [-0.1, -0.05) is 18.2 Å². The van der Waals surface area contributed by atoms with Gasteiger partial charge in [0.05, 0.1) is 23.5 Å². The summed E-state index contributed by atoms with van der Waals surface area (Å²) in [7, 11) is 1.70. The lowest BCUT2D eigenvalue weighted by atomic mass is 10.2. The van der Waals surface area contributed by atoms with Crippen LogP contribution in [0.5, 0.6) is 0 Å². The first-order valence-corrected chi connectivity index (χ1v) is 7.17. The Morgan fingerprint density at radius 2 is 1.96 bits per heavy atom. The normalized spacial score (nSPS) is 10.5. The molecular weight excluding hydrogens is 292 g/mol. The minimum atomic E-state index is -0.231. The molecule has 23 heavy (non-hydrogen) atoms. The zero-order chi connectivity index (χ0) is 16.2. The van der Waals surface area contributed by atoms with Gasteiger partial charge in [-0.25, -0.2) is 4.68 Å². The SMILES string of the molecule is CN(Cc1ccn(-c2ccccc2)n1)C(=O)c1ccc(=O)[nH]c1. The molecule has 0 atom stereocenters. The van der Waals surface area contributed by atoms with Crippen LogP contribution in [-0.2, 0) is 6.54 Å². The quantitative estimate of drug-likeness (QED) is 0.799. The number of pyridine rings is 1. The average molecular weight is 308 g/mol. The van der Waals surface area contributed by atoms with Crippen molar-refractivity contribution in [1.29, 1.82) is 0 Å². The minimum absolute atomic E-state index is 0.171. The Morgan fingerprint density at radius 3 is 2.65 bits per heavy atom. The molecule has 0 aliphatic heterocycles. The number of nitrogens with zero attached hydrogens (tertiary/aromatic N) is 3. The third kappa shape index (κ3) is 3.37. The van der Waals surface area contributed by atoms with Crippen molar-refractivity contribution in [3.05, 3.63) is 82.5 Å². The van der Waals surface area contributed by atoms with Crippen LogP contribution in [0.4, 0.5) is 0 Å². The molecule has 116 valence electrons. The predicted molar refractivity (Wildman–Crippen MR) is 86.4 cm³/mol. The summed E-state index contributed by atoms with van der Waals surface area (Å²) in [5.41, 5.74) is 1.96. The first-order chi connectivity index (χ1) is 11.1. The molecule has 0 saturated carbocycles. The van der Waals surface area contributed by atoms with E-state index in [0.717, 1.165) is 11.4 Å². The lowest BCUT2D eigenvalue weighted by Gasteiger charge is -2.15. The van der Waals surface area contributed by atoms with Crippen molar-refractivity contribution < 1.29 is 4.79 Å². The highest BCUT2D eigenvalue weighted by Crippen LogP contribution is 2.09. The Kier molecular flexibility index (Phi) is 4.05. The van der Waals surface area contributed by atoms with Crippen molar-refractivity contribution in [2.24, 2.45) is 0 Å². The number of para-hydroxylation sites is 1. The van der Waals surface area contributed by atoms with Crippen LogP contribution in [0.3, 0.4) is 0 Å². The third-order valence-corrected chi connectivity index (χ3v) is 3.44. The predicted octanol–water partition coefficient (Wildman–Crippen LogP) is 1.83. The summed E-state index contributed by atoms with van der Waals surface area (Å²) < 4.78 is 1.77. The summed E-state index contributed by atoms with van der Waals surface area (Å²) in [6.07, 6.45) is 3.28. The average Bonchev–Trinajstić information content (AvgIpc) is 3.04. The van der Waals surface area contributed by atoms with Gasteiger partial charge in [-0.05, 0) is 24.3 Å². The van der Waals surface area contributed by atoms with Crippen LogP contribution < -0.4 is 5.56 Å². The molecule has 1 aromatic carbocycles. The Hall–Kier alpha value is -3.15. The van der Waals surface area contributed by atoms with E-state index in [-0.39, 0.29) is 11.5 Å². The highest BCUT2D eigenvalue weighted by molar-refractivity contribution is 5.93. The summed E-state index contributed by atoms with van der Waals surface area (Å²) in [5, 5.41) is 4.48. The number of H-pyrrole nitrogens is 1. The van der Waals surface area contributed by atoms with Crippen LogP contribution in [0, 0.1) is 0 Å². The van der Waals surface area contributed by atoms with E-state index < -0.39 is 0 Å². The van der Waals surface area contributed by atoms with E-state index in [1.165, 1.54) is 18.3 Å². The van der Waals surface area contributed by atoms with Gasteiger partial charge in [-0.15, -0.1) is 0 Å². The second-order valence-corrected chi connectivity index (χ2v) is 5.19. The van der Waals surface area contributed by atoms with Crippen LogP contribution in [0.15, 0.2) is 65.7 Å². The zero-order valence-electron chi connectivity index (χ0n) is 12.6. The zero-order valence-corrected chi connectivity index (χ0v) is 12.6. The second kappa shape index (κ2) is 6.31. The van der Waals surface area contributed by atoms with Gasteiger partial charge in [0.2, 0.25) is 5.56 Å². The van der Waals surface area contributed by atoms with E-state index in [0.29, 0.717) is 12.1 Å². The maximum Gasteiger partial charge on any atom is 0.255 e. The fraction of sp³-hybridized carbons (Fsp3) is 0.118. The molecule has 6 heteroatoms. The van der Waals surface area contributed by atoms with Crippen LogP contribution in [0.2, 0.25) is 0 Å². The molecule has 2 heterocycles. The number of rotatable bonds is 4. The van der Waals surface area contributed by atoms with E-state index in [1.54, 1.807) is 16.6 Å². The molecule has 0 unspecified atom stereocenters. The molecule has 0 radical (unpaired) electrons. The molecule has 1 amide bonds. The van der Waals surface area contributed by atoms with Gasteiger partial charge >= 0.3 is 0 Å². The summed E-state index contributed by atoms with van der Waals surface area (Å²) in [6.45, 7) is 0.387. The number of aromatic nitrogens is 3. The van der Waals surface area contributed by atoms with Crippen molar-refractivity contribution in [3.8, 4) is 5.69 Å². The molecule has 0 fully saturated rings. The summed E-state index contributed by atoms with van der Waals surface area (Å²) >= 11 is 0. The molecule has 0 aliphatic carbocycles. The molecule has 3 rings (SSSR count). The van der Waals surface area contributed by atoms with Crippen molar-refractivity contribution in [2.75, 3.05) is 7.05 Å². The molecule has 1 N–H and O–H groups in total. The maximum atomic E-state index is 12.3. The van der Waals surface area contributed by atoms with Crippen LogP contribution >= 0.6 is 0 Å². The molecular formula is C17H16N4O2. The molecule has 3 aromatic rings. The van der Waals surface area contributed by atoms with Gasteiger partial charge in [0, 0.05) is 25.5 Å². The molecule has 0 saturated heterocycles. The highest BCUT2D eigenvalue weighted by atomic mass is 16.2. The lowest BCUT2D eigenvalue weighted by molar-refractivity contribution is 0.0783. The Bertz CT molecular complexity index is 847.